The Morgan fingerprint density at radius 3 is 2.33 bits per heavy atom. The average molecular weight is 299 g/mol. The monoisotopic (exact) mass is 299 g/mol. The molecule has 0 aliphatic carbocycles. The molecular formula is C15H25NO5. The Balaban J connectivity index is 3.01. The zero-order valence-electron chi connectivity index (χ0n) is 13.6. The summed E-state index contributed by atoms with van der Waals surface area (Å²) in [5.74, 6) is -1.24. The van der Waals surface area contributed by atoms with E-state index in [1.807, 2.05) is 13.8 Å². The molecule has 0 N–H and O–H groups in total. The summed E-state index contributed by atoms with van der Waals surface area (Å²) < 4.78 is 10.2. The van der Waals surface area contributed by atoms with Crippen LogP contribution in [0.15, 0.2) is 0 Å². The highest BCUT2D eigenvalue weighted by Gasteiger charge is 2.49. The fourth-order valence-corrected chi connectivity index (χ4v) is 2.30. The highest BCUT2D eigenvalue weighted by Crippen LogP contribution is 2.32. The maximum absolute atomic E-state index is 12.4. The van der Waals surface area contributed by atoms with Crippen molar-refractivity contribution in [1.82, 2.24) is 4.90 Å². The smallest absolute Gasteiger partial charge is 0.417 e. The molecule has 2 amide bonds. The van der Waals surface area contributed by atoms with E-state index in [0.29, 0.717) is 0 Å². The number of amides is 2. The van der Waals surface area contributed by atoms with E-state index in [9.17, 15) is 14.4 Å². The van der Waals surface area contributed by atoms with Gasteiger partial charge in [-0.2, -0.15) is 0 Å². The minimum atomic E-state index is -0.889. The number of hydrogen-bond acceptors (Lipinski definition) is 5. The standard InChI is InChI=1S/C15H25NO5/c1-7-20-13(18)11-8-10(9(2)3)12(17)16(11)14(19)21-15(4,5)6/h9-11H,7-8H2,1-6H3/t10-,11-/m0/s1. The van der Waals surface area contributed by atoms with Gasteiger partial charge < -0.3 is 9.47 Å². The van der Waals surface area contributed by atoms with Gasteiger partial charge >= 0.3 is 12.1 Å². The van der Waals surface area contributed by atoms with Gasteiger partial charge in [-0.15, -0.1) is 0 Å². The molecule has 2 atom stereocenters. The van der Waals surface area contributed by atoms with E-state index < -0.39 is 23.7 Å². The van der Waals surface area contributed by atoms with Crippen LogP contribution >= 0.6 is 0 Å². The lowest BCUT2D eigenvalue weighted by atomic mass is 9.93. The summed E-state index contributed by atoms with van der Waals surface area (Å²) in [5.41, 5.74) is -0.730. The fraction of sp³-hybridized carbons (Fsp3) is 0.800. The molecule has 0 aromatic rings. The predicted molar refractivity (Wildman–Crippen MR) is 76.4 cm³/mol. The summed E-state index contributed by atoms with van der Waals surface area (Å²) in [6.45, 7) is 10.8. The Bertz CT molecular complexity index is 424. The van der Waals surface area contributed by atoms with Gasteiger partial charge in [0.25, 0.3) is 0 Å². The van der Waals surface area contributed by atoms with Crippen molar-refractivity contribution < 1.29 is 23.9 Å². The van der Waals surface area contributed by atoms with E-state index in [2.05, 4.69) is 0 Å². The van der Waals surface area contributed by atoms with Crippen LogP contribution in [0.4, 0.5) is 4.79 Å². The molecule has 0 spiro atoms. The van der Waals surface area contributed by atoms with Gasteiger partial charge in [0.2, 0.25) is 5.91 Å². The number of nitrogens with zero attached hydrogens (tertiary/aromatic N) is 1. The third-order valence-corrected chi connectivity index (χ3v) is 3.30. The molecule has 0 unspecified atom stereocenters. The molecule has 6 nitrogen and oxygen atoms in total. The summed E-state index contributed by atoms with van der Waals surface area (Å²) in [6.07, 6.45) is -0.497. The molecule has 0 bridgehead atoms. The van der Waals surface area contributed by atoms with E-state index in [1.54, 1.807) is 27.7 Å². The van der Waals surface area contributed by atoms with Gasteiger partial charge in [0.05, 0.1) is 6.61 Å². The lowest BCUT2D eigenvalue weighted by Crippen LogP contribution is -2.46. The number of hydrogen-bond donors (Lipinski definition) is 0. The summed E-state index contributed by atoms with van der Waals surface area (Å²) >= 11 is 0. The van der Waals surface area contributed by atoms with Crippen molar-refractivity contribution in [2.45, 2.75) is 59.6 Å². The third kappa shape index (κ3) is 4.19. The molecule has 1 fully saturated rings. The molecular weight excluding hydrogens is 274 g/mol. The van der Waals surface area contributed by atoms with Crippen LogP contribution in [0.25, 0.3) is 0 Å². The highest BCUT2D eigenvalue weighted by atomic mass is 16.6. The van der Waals surface area contributed by atoms with Gasteiger partial charge in [-0.25, -0.2) is 14.5 Å². The van der Waals surface area contributed by atoms with Gasteiger partial charge in [-0.3, -0.25) is 4.79 Å². The Labute approximate surface area is 125 Å². The van der Waals surface area contributed by atoms with Crippen molar-refractivity contribution in [3.05, 3.63) is 0 Å². The Hall–Kier alpha value is -1.59. The minimum absolute atomic E-state index is 0.0434. The van der Waals surface area contributed by atoms with Gasteiger partial charge in [0.1, 0.15) is 11.6 Å². The normalized spacial score (nSPS) is 22.6. The predicted octanol–water partition coefficient (Wildman–Crippen LogP) is 2.36. The van der Waals surface area contributed by atoms with Crippen molar-refractivity contribution in [1.29, 1.82) is 0 Å². The van der Waals surface area contributed by atoms with Crippen molar-refractivity contribution in [3.8, 4) is 0 Å². The molecule has 0 radical (unpaired) electrons. The van der Waals surface area contributed by atoms with Crippen LogP contribution in [0, 0.1) is 11.8 Å². The SMILES string of the molecule is CCOC(=O)[C@@H]1C[C@@H](C(C)C)C(=O)N1C(=O)OC(C)(C)C. The van der Waals surface area contributed by atoms with E-state index in [4.69, 9.17) is 9.47 Å². The molecule has 0 aromatic heterocycles. The molecule has 21 heavy (non-hydrogen) atoms. The number of carbonyl (C=O) groups is 3. The van der Waals surface area contributed by atoms with E-state index >= 15 is 0 Å². The molecule has 1 aliphatic rings. The Morgan fingerprint density at radius 1 is 1.33 bits per heavy atom. The van der Waals surface area contributed by atoms with Crippen LogP contribution in [-0.4, -0.2) is 41.1 Å². The molecule has 1 saturated heterocycles. The zero-order chi connectivity index (χ0) is 16.4. The minimum Gasteiger partial charge on any atom is -0.464 e. The quantitative estimate of drug-likeness (QED) is 0.748. The maximum atomic E-state index is 12.4. The third-order valence-electron chi connectivity index (χ3n) is 3.30. The first-order chi connectivity index (χ1) is 9.58. The van der Waals surface area contributed by atoms with E-state index in [0.717, 1.165) is 4.90 Å². The zero-order valence-corrected chi connectivity index (χ0v) is 13.6. The van der Waals surface area contributed by atoms with Gasteiger partial charge in [0, 0.05) is 5.92 Å². The second-order valence-electron chi connectivity index (χ2n) is 6.54. The number of imide groups is 1. The molecule has 0 aromatic carbocycles. The molecule has 0 saturated carbocycles. The summed E-state index contributed by atoms with van der Waals surface area (Å²) in [5, 5.41) is 0. The van der Waals surface area contributed by atoms with Crippen LogP contribution in [0.5, 0.6) is 0 Å². The number of esters is 1. The first-order valence-electron chi connectivity index (χ1n) is 7.31. The van der Waals surface area contributed by atoms with Crippen molar-refractivity contribution >= 4 is 18.0 Å². The second kappa shape index (κ2) is 6.45. The average Bonchev–Trinajstić information content (AvgIpc) is 2.65. The first-order valence-corrected chi connectivity index (χ1v) is 7.31. The lowest BCUT2D eigenvalue weighted by molar-refractivity contribution is -0.151. The van der Waals surface area contributed by atoms with Gasteiger partial charge in [-0.1, -0.05) is 13.8 Å². The van der Waals surface area contributed by atoms with E-state index in [-0.39, 0.29) is 30.8 Å². The largest absolute Gasteiger partial charge is 0.464 e. The van der Waals surface area contributed by atoms with Gasteiger partial charge in [0.15, 0.2) is 0 Å². The molecule has 6 heteroatoms. The number of likely N-dealkylation sites (tertiary alicyclic amines) is 1. The number of carbonyl (C=O) groups excluding carboxylic acids is 3. The molecule has 1 aliphatic heterocycles. The molecule has 120 valence electrons. The summed E-state index contributed by atoms with van der Waals surface area (Å²) in [7, 11) is 0. The maximum Gasteiger partial charge on any atom is 0.417 e. The second-order valence-corrected chi connectivity index (χ2v) is 6.54. The number of rotatable bonds is 3. The van der Waals surface area contributed by atoms with Crippen LogP contribution in [0.2, 0.25) is 0 Å². The Morgan fingerprint density at radius 2 is 1.90 bits per heavy atom. The van der Waals surface area contributed by atoms with E-state index in [1.165, 1.54) is 0 Å². The van der Waals surface area contributed by atoms with Crippen LogP contribution in [0.1, 0.15) is 48.0 Å². The summed E-state index contributed by atoms with van der Waals surface area (Å²) in [6, 6.07) is -0.889. The van der Waals surface area contributed by atoms with Crippen molar-refractivity contribution in [2.75, 3.05) is 6.61 Å². The molecule has 1 heterocycles. The first kappa shape index (κ1) is 17.5. The number of ether oxygens (including phenoxy) is 2. The highest BCUT2D eigenvalue weighted by molar-refractivity contribution is 6.00. The van der Waals surface area contributed by atoms with Crippen LogP contribution < -0.4 is 0 Å². The summed E-state index contributed by atoms with van der Waals surface area (Å²) in [4.78, 5) is 37.6. The van der Waals surface area contributed by atoms with Crippen molar-refractivity contribution in [2.24, 2.45) is 11.8 Å². The topological polar surface area (TPSA) is 72.9 Å². The van der Waals surface area contributed by atoms with Gasteiger partial charge in [-0.05, 0) is 40.0 Å². The molecule has 1 rings (SSSR count). The fourth-order valence-electron chi connectivity index (χ4n) is 2.30. The Kier molecular flexibility index (Phi) is 5.36. The van der Waals surface area contributed by atoms with Crippen LogP contribution in [0.3, 0.4) is 0 Å². The lowest BCUT2D eigenvalue weighted by Gasteiger charge is -2.26. The van der Waals surface area contributed by atoms with Crippen LogP contribution in [-0.2, 0) is 19.1 Å². The van der Waals surface area contributed by atoms with Crippen molar-refractivity contribution in [3.63, 3.8) is 0 Å².